The number of nitrogens with one attached hydrogen (secondary N) is 1. The zero-order chi connectivity index (χ0) is 27.4. The third-order valence-electron chi connectivity index (χ3n) is 6.85. The highest BCUT2D eigenvalue weighted by molar-refractivity contribution is 9.10. The van der Waals surface area contributed by atoms with Gasteiger partial charge in [0.15, 0.2) is 5.65 Å². The minimum absolute atomic E-state index is 0.0707. The smallest absolute Gasteiger partial charge is 0.305 e. The predicted octanol–water partition coefficient (Wildman–Crippen LogP) is 4.17. The molecule has 204 valence electrons. The van der Waals surface area contributed by atoms with Crippen LogP contribution in [0.3, 0.4) is 0 Å². The van der Waals surface area contributed by atoms with Crippen LogP contribution in [0, 0.1) is 0 Å². The Morgan fingerprint density at radius 3 is 2.74 bits per heavy atom. The predicted molar refractivity (Wildman–Crippen MR) is 150 cm³/mol. The molecule has 39 heavy (non-hydrogen) atoms. The summed E-state index contributed by atoms with van der Waals surface area (Å²) >= 11 is 3.54. The summed E-state index contributed by atoms with van der Waals surface area (Å²) in [7, 11) is -2.33. The fourth-order valence-electron chi connectivity index (χ4n) is 4.71. The molecule has 1 fully saturated rings. The van der Waals surface area contributed by atoms with Crippen molar-refractivity contribution >= 4 is 43.4 Å². The molecule has 1 N–H and O–H groups in total. The topological polar surface area (TPSA) is 119 Å². The van der Waals surface area contributed by atoms with Crippen molar-refractivity contribution in [2.75, 3.05) is 25.5 Å². The number of aryl methyl sites for hydroxylation is 1. The molecule has 1 aliphatic heterocycles. The van der Waals surface area contributed by atoms with E-state index in [2.05, 4.69) is 36.1 Å². The second kappa shape index (κ2) is 11.8. The van der Waals surface area contributed by atoms with Crippen LogP contribution in [0.4, 0.5) is 5.82 Å². The van der Waals surface area contributed by atoms with Crippen LogP contribution in [-0.4, -0.2) is 58.5 Å². The third kappa shape index (κ3) is 6.13. The number of anilines is 1. The summed E-state index contributed by atoms with van der Waals surface area (Å²) in [5, 5.41) is 7.87. The maximum absolute atomic E-state index is 13.5. The van der Waals surface area contributed by atoms with Gasteiger partial charge in [0.1, 0.15) is 5.82 Å². The molecule has 10 nitrogen and oxygen atoms in total. The molecule has 0 spiro atoms. The minimum Gasteiger partial charge on any atom is -0.469 e. The first kappa shape index (κ1) is 27.2. The molecule has 0 radical (unpaired) electrons. The van der Waals surface area contributed by atoms with Crippen LogP contribution in [0.15, 0.2) is 70.4 Å². The van der Waals surface area contributed by atoms with Gasteiger partial charge in [0, 0.05) is 50.4 Å². The van der Waals surface area contributed by atoms with Gasteiger partial charge in [-0.25, -0.2) is 13.4 Å². The number of sulfonamides is 1. The zero-order valence-corrected chi connectivity index (χ0v) is 23.9. The number of carbonyl (C=O) groups is 1. The number of piperidine rings is 1. The van der Waals surface area contributed by atoms with Crippen LogP contribution < -0.4 is 5.32 Å². The van der Waals surface area contributed by atoms with Gasteiger partial charge in [-0.15, -0.1) is 0 Å². The van der Waals surface area contributed by atoms with Crippen molar-refractivity contribution in [3.63, 3.8) is 0 Å². The number of esters is 1. The van der Waals surface area contributed by atoms with E-state index >= 15 is 0 Å². The highest BCUT2D eigenvalue weighted by Gasteiger charge is 2.32. The van der Waals surface area contributed by atoms with E-state index < -0.39 is 10.0 Å². The van der Waals surface area contributed by atoms with Gasteiger partial charge in [-0.3, -0.25) is 9.78 Å². The van der Waals surface area contributed by atoms with Crippen LogP contribution in [0.5, 0.6) is 0 Å². The number of hydrogen-bond donors (Lipinski definition) is 1. The standard InChI is InChI=1S/C27H29BrN6O4S/c1-38-26(35)11-8-19-6-9-22(10-7-19)39(36,37)33-13-3-5-21(18-33)24-14-25(30-16-20-4-2-12-29-15-20)34-27(32-24)23(28)17-31-34/h2,4,6-7,9-10,12,14-15,17,21,30H,3,5,8,11,13,16,18H2,1H3. The molecule has 5 rings (SSSR count). The highest BCUT2D eigenvalue weighted by atomic mass is 79.9. The van der Waals surface area contributed by atoms with Gasteiger partial charge < -0.3 is 10.1 Å². The van der Waals surface area contributed by atoms with Crippen molar-refractivity contribution in [3.05, 3.63) is 82.3 Å². The van der Waals surface area contributed by atoms with Crippen molar-refractivity contribution in [3.8, 4) is 0 Å². The Morgan fingerprint density at radius 2 is 2.00 bits per heavy atom. The van der Waals surface area contributed by atoms with Crippen LogP contribution >= 0.6 is 15.9 Å². The lowest BCUT2D eigenvalue weighted by Crippen LogP contribution is -2.39. The molecule has 4 heterocycles. The molecule has 0 amide bonds. The molecule has 0 aliphatic carbocycles. The van der Waals surface area contributed by atoms with Crippen molar-refractivity contribution < 1.29 is 17.9 Å². The summed E-state index contributed by atoms with van der Waals surface area (Å²) in [6.07, 6.45) is 7.55. The minimum atomic E-state index is -3.69. The van der Waals surface area contributed by atoms with Crippen LogP contribution in [0.25, 0.3) is 5.65 Å². The molecule has 12 heteroatoms. The van der Waals surface area contributed by atoms with Crippen LogP contribution in [-0.2, 0) is 32.5 Å². The van der Waals surface area contributed by atoms with Gasteiger partial charge in [-0.1, -0.05) is 18.2 Å². The Morgan fingerprint density at radius 1 is 1.18 bits per heavy atom. The van der Waals surface area contributed by atoms with E-state index in [1.54, 1.807) is 51.7 Å². The number of aromatic nitrogens is 4. The van der Waals surface area contributed by atoms with Crippen molar-refractivity contribution in [1.29, 1.82) is 0 Å². The summed E-state index contributed by atoms with van der Waals surface area (Å²) in [4.78, 5) is 20.7. The summed E-state index contributed by atoms with van der Waals surface area (Å²) in [6, 6.07) is 12.6. The Balaban J connectivity index is 1.35. The number of benzene rings is 1. The maximum atomic E-state index is 13.5. The highest BCUT2D eigenvalue weighted by Crippen LogP contribution is 2.32. The van der Waals surface area contributed by atoms with Gasteiger partial charge in [0.25, 0.3) is 0 Å². The molecule has 1 saturated heterocycles. The Hall–Kier alpha value is -3.35. The number of carbonyl (C=O) groups excluding carboxylic acids is 1. The first-order chi connectivity index (χ1) is 18.8. The van der Waals surface area contributed by atoms with E-state index in [1.807, 2.05) is 18.2 Å². The number of pyridine rings is 1. The summed E-state index contributed by atoms with van der Waals surface area (Å²) < 4.78 is 35.8. The van der Waals surface area contributed by atoms with E-state index in [0.29, 0.717) is 31.7 Å². The Labute approximate surface area is 235 Å². The lowest BCUT2D eigenvalue weighted by atomic mass is 9.96. The quantitative estimate of drug-likeness (QED) is 0.280. The average molecular weight is 614 g/mol. The molecule has 0 saturated carbocycles. The van der Waals surface area contributed by atoms with Gasteiger partial charge in [-0.05, 0) is 64.5 Å². The van der Waals surface area contributed by atoms with Gasteiger partial charge in [-0.2, -0.15) is 13.9 Å². The Bertz CT molecular complexity index is 1560. The summed E-state index contributed by atoms with van der Waals surface area (Å²) in [5.41, 5.74) is 3.40. The van der Waals surface area contributed by atoms with Gasteiger partial charge in [0.2, 0.25) is 10.0 Å². The Kier molecular flexibility index (Phi) is 8.24. The fraction of sp³-hybridized carbons (Fsp3) is 0.333. The average Bonchev–Trinajstić information content (AvgIpc) is 3.36. The fourth-order valence-corrected chi connectivity index (χ4v) is 6.58. The van der Waals surface area contributed by atoms with E-state index in [9.17, 15) is 13.2 Å². The van der Waals surface area contributed by atoms with Gasteiger partial charge in [0.05, 0.1) is 28.4 Å². The van der Waals surface area contributed by atoms with E-state index in [0.717, 1.165) is 40.0 Å². The molecular formula is C27H29BrN6O4S. The second-order valence-corrected chi connectivity index (χ2v) is 12.2. The lowest BCUT2D eigenvalue weighted by Gasteiger charge is -2.32. The molecule has 4 aromatic rings. The summed E-state index contributed by atoms with van der Waals surface area (Å²) in [6.45, 7) is 1.35. The molecule has 3 aromatic heterocycles. The first-order valence-corrected chi connectivity index (χ1v) is 14.9. The first-order valence-electron chi connectivity index (χ1n) is 12.7. The number of fused-ring (bicyclic) bond motifs is 1. The monoisotopic (exact) mass is 612 g/mol. The second-order valence-electron chi connectivity index (χ2n) is 9.43. The summed E-state index contributed by atoms with van der Waals surface area (Å²) in [5.74, 6) is 0.405. The van der Waals surface area contributed by atoms with Crippen LogP contribution in [0.2, 0.25) is 0 Å². The van der Waals surface area contributed by atoms with E-state index in [1.165, 1.54) is 7.11 Å². The number of nitrogens with zero attached hydrogens (tertiary/aromatic N) is 5. The van der Waals surface area contributed by atoms with Crippen LogP contribution in [0.1, 0.15) is 42.0 Å². The zero-order valence-electron chi connectivity index (χ0n) is 21.5. The van der Waals surface area contributed by atoms with E-state index in [-0.39, 0.29) is 23.2 Å². The van der Waals surface area contributed by atoms with E-state index in [4.69, 9.17) is 4.98 Å². The van der Waals surface area contributed by atoms with Crippen molar-refractivity contribution in [2.24, 2.45) is 0 Å². The molecule has 1 aliphatic rings. The third-order valence-corrected chi connectivity index (χ3v) is 9.29. The molecule has 0 bridgehead atoms. The normalized spacial score (nSPS) is 16.3. The number of halogens is 1. The maximum Gasteiger partial charge on any atom is 0.305 e. The molecule has 1 atom stereocenters. The van der Waals surface area contributed by atoms with Crippen molar-refractivity contribution in [2.45, 2.75) is 43.0 Å². The largest absolute Gasteiger partial charge is 0.469 e. The van der Waals surface area contributed by atoms with Gasteiger partial charge >= 0.3 is 5.97 Å². The molecule has 1 unspecified atom stereocenters. The number of hydrogen-bond acceptors (Lipinski definition) is 8. The number of methoxy groups -OCH3 is 1. The lowest BCUT2D eigenvalue weighted by molar-refractivity contribution is -0.140. The SMILES string of the molecule is COC(=O)CCc1ccc(S(=O)(=O)N2CCCC(c3cc(NCc4cccnc4)n4ncc(Br)c4n3)C2)cc1. The van der Waals surface area contributed by atoms with Crippen molar-refractivity contribution in [1.82, 2.24) is 23.9 Å². The molecule has 1 aromatic carbocycles. The number of rotatable bonds is 9. The molecular weight excluding hydrogens is 584 g/mol. The number of ether oxygens (including phenoxy) is 1.